The van der Waals surface area contributed by atoms with Crippen molar-refractivity contribution in [1.82, 2.24) is 20.6 Å². The first-order chi connectivity index (χ1) is 21.9. The molecule has 0 aliphatic carbocycles. The van der Waals surface area contributed by atoms with Crippen molar-refractivity contribution in [2.24, 2.45) is 0 Å². The largest absolute Gasteiger partial charge is 0.480 e. The van der Waals surface area contributed by atoms with Gasteiger partial charge in [-0.25, -0.2) is 9.97 Å². The number of nitrogens with zero attached hydrogens (tertiary/aromatic N) is 2. The summed E-state index contributed by atoms with van der Waals surface area (Å²) in [4.78, 5) is 48.2. The Kier molecular flexibility index (Phi) is 11.6. The number of carboxylic acids is 1. The van der Waals surface area contributed by atoms with Crippen molar-refractivity contribution >= 4 is 41.3 Å². The van der Waals surface area contributed by atoms with Gasteiger partial charge in [0.1, 0.15) is 12.1 Å². The zero-order valence-electron chi connectivity index (χ0n) is 27.0. The molecule has 9 heteroatoms. The molecule has 2 aromatic heterocycles. The Bertz CT molecular complexity index is 1650. The molecule has 0 saturated heterocycles. The topological polar surface area (TPSA) is 121 Å². The second-order valence-electron chi connectivity index (χ2n) is 12.4. The fourth-order valence-electron chi connectivity index (χ4n) is 4.64. The Balaban J connectivity index is 1.43. The molecule has 3 N–H and O–H groups in total. The molecule has 0 spiro atoms. The number of carbonyl (C=O) groups is 3. The standard InChI is InChI=1S/C37H42N4O4S/c1-6-7-8-25-9-11-26(12-10-25)13-14-28-22-38-33(39-23-28)29-17-15-27(16-18-29)21-30(34(42)40-24(2)36(44)45)41-35(43)31-19-20-32(46-31)37(3,4)5/h9-20,22-24,30H,6-8,21H2,1-5H3,(H,40,42)(H,41,43)(H,44,45)/b14-13+/t24-,30+/m1/s1. The number of aliphatic carboxylic acids is 1. The van der Waals surface area contributed by atoms with Crippen LogP contribution in [-0.4, -0.2) is 44.9 Å². The summed E-state index contributed by atoms with van der Waals surface area (Å²) in [6, 6.07) is 17.6. The van der Waals surface area contributed by atoms with Gasteiger partial charge in [-0.05, 0) is 54.0 Å². The van der Waals surface area contributed by atoms with Crippen molar-refractivity contribution in [3.05, 3.63) is 105 Å². The third kappa shape index (κ3) is 9.68. The predicted octanol–water partition coefficient (Wildman–Crippen LogP) is 6.95. The van der Waals surface area contributed by atoms with Gasteiger partial charge in [-0.1, -0.05) is 94.8 Å². The number of benzene rings is 2. The van der Waals surface area contributed by atoms with Crippen LogP contribution in [0.2, 0.25) is 0 Å². The second kappa shape index (κ2) is 15.6. The van der Waals surface area contributed by atoms with Crippen LogP contribution in [0.4, 0.5) is 0 Å². The Morgan fingerprint density at radius 3 is 2.09 bits per heavy atom. The van der Waals surface area contributed by atoms with Crippen LogP contribution in [0.1, 0.15) is 84.3 Å². The highest BCUT2D eigenvalue weighted by molar-refractivity contribution is 7.14. The Hall–Kier alpha value is -4.63. The number of aryl methyl sites for hydroxylation is 1. The van der Waals surface area contributed by atoms with E-state index in [0.29, 0.717) is 10.7 Å². The number of amides is 2. The van der Waals surface area contributed by atoms with Crippen LogP contribution >= 0.6 is 11.3 Å². The van der Waals surface area contributed by atoms with Gasteiger partial charge in [0.15, 0.2) is 5.82 Å². The number of hydrogen-bond donors (Lipinski definition) is 3. The number of hydrogen-bond acceptors (Lipinski definition) is 6. The molecule has 0 saturated carbocycles. The lowest BCUT2D eigenvalue weighted by Gasteiger charge is -2.20. The first-order valence-corrected chi connectivity index (χ1v) is 16.4. The van der Waals surface area contributed by atoms with E-state index in [9.17, 15) is 19.5 Å². The molecule has 0 aliphatic rings. The summed E-state index contributed by atoms with van der Waals surface area (Å²) in [6.07, 6.45) is 11.2. The number of rotatable bonds is 13. The number of thiophene rings is 1. The minimum absolute atomic E-state index is 0.111. The normalized spacial score (nSPS) is 12.9. The van der Waals surface area contributed by atoms with Gasteiger partial charge < -0.3 is 15.7 Å². The Morgan fingerprint density at radius 1 is 0.870 bits per heavy atom. The zero-order chi connectivity index (χ0) is 33.3. The zero-order valence-corrected chi connectivity index (χ0v) is 27.9. The van der Waals surface area contributed by atoms with E-state index in [1.807, 2.05) is 42.5 Å². The molecule has 0 unspecified atom stereocenters. The first-order valence-electron chi connectivity index (χ1n) is 15.6. The Morgan fingerprint density at radius 2 is 1.50 bits per heavy atom. The van der Waals surface area contributed by atoms with E-state index < -0.39 is 24.0 Å². The minimum Gasteiger partial charge on any atom is -0.480 e. The molecular formula is C37H42N4O4S. The highest BCUT2D eigenvalue weighted by Crippen LogP contribution is 2.29. The summed E-state index contributed by atoms with van der Waals surface area (Å²) < 4.78 is 0. The van der Waals surface area contributed by atoms with Gasteiger partial charge in [0.05, 0.1) is 4.88 Å². The third-order valence-corrected chi connectivity index (χ3v) is 9.02. The molecule has 46 heavy (non-hydrogen) atoms. The molecule has 0 bridgehead atoms. The molecule has 4 rings (SSSR count). The van der Waals surface area contributed by atoms with Gasteiger partial charge >= 0.3 is 5.97 Å². The Labute approximate surface area is 275 Å². The summed E-state index contributed by atoms with van der Waals surface area (Å²) in [7, 11) is 0. The fourth-order valence-corrected chi connectivity index (χ4v) is 5.61. The van der Waals surface area contributed by atoms with Crippen molar-refractivity contribution < 1.29 is 19.5 Å². The van der Waals surface area contributed by atoms with Gasteiger partial charge in [-0.2, -0.15) is 0 Å². The number of nitrogens with one attached hydrogen (secondary N) is 2. The van der Waals surface area contributed by atoms with Crippen molar-refractivity contribution in [2.75, 3.05) is 0 Å². The lowest BCUT2D eigenvalue weighted by Crippen LogP contribution is -2.51. The first kappa shape index (κ1) is 34.2. The lowest BCUT2D eigenvalue weighted by molar-refractivity contribution is -0.141. The maximum atomic E-state index is 13.1. The van der Waals surface area contributed by atoms with Gasteiger partial charge in [0.2, 0.25) is 5.91 Å². The molecule has 0 radical (unpaired) electrons. The van der Waals surface area contributed by atoms with Crippen LogP contribution in [0, 0.1) is 0 Å². The number of aromatic nitrogens is 2. The van der Waals surface area contributed by atoms with E-state index in [1.54, 1.807) is 18.5 Å². The lowest BCUT2D eigenvalue weighted by atomic mass is 9.95. The summed E-state index contributed by atoms with van der Waals surface area (Å²) in [5.74, 6) is -1.55. The fraction of sp³-hybridized carbons (Fsp3) is 0.324. The minimum atomic E-state index is -1.16. The van der Waals surface area contributed by atoms with Crippen molar-refractivity contribution in [2.45, 2.75) is 77.8 Å². The van der Waals surface area contributed by atoms with Crippen LogP contribution in [0.5, 0.6) is 0 Å². The summed E-state index contributed by atoms with van der Waals surface area (Å²) >= 11 is 1.38. The van der Waals surface area contributed by atoms with Crippen LogP contribution in [0.3, 0.4) is 0 Å². The van der Waals surface area contributed by atoms with Crippen molar-refractivity contribution in [3.8, 4) is 11.4 Å². The van der Waals surface area contributed by atoms with Gasteiger partial charge in [-0.3, -0.25) is 14.4 Å². The molecule has 2 atom stereocenters. The SMILES string of the molecule is CCCCc1ccc(/C=C/c2cnc(-c3ccc(C[C@H](NC(=O)c4ccc(C(C)(C)C)s4)C(=O)N[C@H](C)C(=O)O)cc3)nc2)cc1. The smallest absolute Gasteiger partial charge is 0.325 e. The number of carboxylic acid groups (broad SMARTS) is 1. The van der Waals surface area contributed by atoms with Crippen molar-refractivity contribution in [1.29, 1.82) is 0 Å². The van der Waals surface area contributed by atoms with Gasteiger partial charge in [0.25, 0.3) is 5.91 Å². The van der Waals surface area contributed by atoms with E-state index in [4.69, 9.17) is 0 Å². The van der Waals surface area contributed by atoms with E-state index >= 15 is 0 Å². The second-order valence-corrected chi connectivity index (χ2v) is 13.5. The van der Waals surface area contributed by atoms with Gasteiger partial charge in [0, 0.05) is 34.8 Å². The molecule has 2 aromatic carbocycles. The molecule has 8 nitrogen and oxygen atoms in total. The maximum absolute atomic E-state index is 13.1. The maximum Gasteiger partial charge on any atom is 0.325 e. The molecule has 0 aliphatic heterocycles. The highest BCUT2D eigenvalue weighted by atomic mass is 32.1. The molecule has 2 amide bonds. The van der Waals surface area contributed by atoms with E-state index in [2.05, 4.69) is 72.6 Å². The van der Waals surface area contributed by atoms with E-state index in [1.165, 1.54) is 36.7 Å². The number of unbranched alkanes of at least 4 members (excludes halogenated alkanes) is 1. The predicted molar refractivity (Wildman–Crippen MR) is 185 cm³/mol. The summed E-state index contributed by atoms with van der Waals surface area (Å²) in [6.45, 7) is 9.79. The van der Waals surface area contributed by atoms with Crippen LogP contribution in [0.15, 0.2) is 73.1 Å². The summed E-state index contributed by atoms with van der Waals surface area (Å²) in [5.41, 5.74) is 4.83. The third-order valence-electron chi connectivity index (χ3n) is 7.51. The summed E-state index contributed by atoms with van der Waals surface area (Å²) in [5, 5.41) is 14.6. The van der Waals surface area contributed by atoms with E-state index in [-0.39, 0.29) is 17.7 Å². The molecule has 4 aromatic rings. The van der Waals surface area contributed by atoms with Gasteiger partial charge in [-0.15, -0.1) is 11.3 Å². The van der Waals surface area contributed by atoms with Crippen LogP contribution < -0.4 is 10.6 Å². The highest BCUT2D eigenvalue weighted by Gasteiger charge is 2.26. The van der Waals surface area contributed by atoms with Crippen molar-refractivity contribution in [3.63, 3.8) is 0 Å². The average molecular weight is 639 g/mol. The number of carbonyl (C=O) groups excluding carboxylic acids is 2. The molecular weight excluding hydrogens is 596 g/mol. The molecule has 240 valence electrons. The van der Waals surface area contributed by atoms with Crippen LogP contribution in [0.25, 0.3) is 23.5 Å². The average Bonchev–Trinajstić information content (AvgIpc) is 3.55. The molecule has 0 fully saturated rings. The monoisotopic (exact) mass is 638 g/mol. The van der Waals surface area contributed by atoms with E-state index in [0.717, 1.165) is 33.6 Å². The quantitative estimate of drug-likeness (QED) is 0.146. The van der Waals surface area contributed by atoms with Crippen LogP contribution in [-0.2, 0) is 27.8 Å². The molecule has 2 heterocycles.